The number of fused-ring (bicyclic) bond motifs is 1. The lowest BCUT2D eigenvalue weighted by molar-refractivity contribution is -0.115. The lowest BCUT2D eigenvalue weighted by Crippen LogP contribution is -2.33. The normalized spacial score (nSPS) is 10.7. The number of amides is 2. The first kappa shape index (κ1) is 17.3. The zero-order valence-corrected chi connectivity index (χ0v) is 14.6. The van der Waals surface area contributed by atoms with E-state index in [-0.39, 0.29) is 23.0 Å². The van der Waals surface area contributed by atoms with Gasteiger partial charge in [-0.15, -0.1) is 0 Å². The van der Waals surface area contributed by atoms with Crippen LogP contribution in [-0.2, 0) is 4.79 Å². The van der Waals surface area contributed by atoms with E-state index in [0.717, 1.165) is 0 Å². The van der Waals surface area contributed by atoms with Gasteiger partial charge in [0, 0.05) is 17.6 Å². The van der Waals surface area contributed by atoms with E-state index >= 15 is 0 Å². The van der Waals surface area contributed by atoms with E-state index in [2.05, 4.69) is 15.6 Å². The predicted octanol–water partition coefficient (Wildman–Crippen LogP) is 3.81. The third-order valence-electron chi connectivity index (χ3n) is 3.36. The van der Waals surface area contributed by atoms with Crippen molar-refractivity contribution in [2.24, 2.45) is 0 Å². The van der Waals surface area contributed by atoms with Crippen LogP contribution in [0.1, 0.15) is 16.2 Å². The Morgan fingerprint density at radius 3 is 2.72 bits per heavy atom. The van der Waals surface area contributed by atoms with Crippen LogP contribution in [-0.4, -0.2) is 23.3 Å². The molecule has 3 rings (SSSR count). The van der Waals surface area contributed by atoms with Crippen LogP contribution in [0.4, 0.5) is 5.69 Å². The minimum Gasteiger partial charge on any atom is -0.441 e. The molecule has 6 nitrogen and oxygen atoms in total. The molecule has 0 radical (unpaired) electrons. The van der Waals surface area contributed by atoms with E-state index < -0.39 is 5.91 Å². The molecule has 0 aliphatic heterocycles. The summed E-state index contributed by atoms with van der Waals surface area (Å²) >= 11 is 11.8. The average Bonchev–Trinajstić information content (AvgIpc) is 2.92. The highest BCUT2D eigenvalue weighted by atomic mass is 35.5. The predicted molar refractivity (Wildman–Crippen MR) is 96.2 cm³/mol. The lowest BCUT2D eigenvalue weighted by Gasteiger charge is -2.08. The van der Waals surface area contributed by atoms with Crippen LogP contribution in [0.2, 0.25) is 10.0 Å². The molecule has 3 aromatic rings. The molecule has 128 valence electrons. The van der Waals surface area contributed by atoms with Crippen molar-refractivity contribution in [3.8, 4) is 0 Å². The maximum Gasteiger partial charge on any atom is 0.253 e. The second-order valence-corrected chi connectivity index (χ2v) is 6.11. The van der Waals surface area contributed by atoms with Gasteiger partial charge in [-0.05, 0) is 36.4 Å². The van der Waals surface area contributed by atoms with Gasteiger partial charge in [-0.3, -0.25) is 9.59 Å². The average molecular weight is 378 g/mol. The SMILES string of the molecule is Cc1nc2cc(NC(=O)CNC(=O)c3ccc(Cl)cc3Cl)ccc2o1. The topological polar surface area (TPSA) is 84.2 Å². The molecule has 0 aliphatic rings. The van der Waals surface area contributed by atoms with Crippen molar-refractivity contribution in [1.82, 2.24) is 10.3 Å². The second kappa shape index (κ2) is 7.13. The summed E-state index contributed by atoms with van der Waals surface area (Å²) in [6.07, 6.45) is 0. The number of hydrogen-bond donors (Lipinski definition) is 2. The summed E-state index contributed by atoms with van der Waals surface area (Å²) in [4.78, 5) is 28.3. The van der Waals surface area contributed by atoms with Crippen molar-refractivity contribution in [2.45, 2.75) is 6.92 Å². The number of rotatable bonds is 4. The number of oxazole rings is 1. The van der Waals surface area contributed by atoms with Gasteiger partial charge in [-0.1, -0.05) is 23.2 Å². The van der Waals surface area contributed by atoms with Crippen molar-refractivity contribution in [3.05, 3.63) is 57.9 Å². The number of carbonyl (C=O) groups is 2. The van der Waals surface area contributed by atoms with E-state index in [4.69, 9.17) is 27.6 Å². The summed E-state index contributed by atoms with van der Waals surface area (Å²) < 4.78 is 5.37. The first-order chi connectivity index (χ1) is 11.9. The maximum atomic E-state index is 12.1. The number of nitrogens with one attached hydrogen (secondary N) is 2. The molecule has 0 atom stereocenters. The van der Waals surface area contributed by atoms with Crippen molar-refractivity contribution in [3.63, 3.8) is 0 Å². The summed E-state index contributed by atoms with van der Waals surface area (Å²) in [5, 5.41) is 5.84. The van der Waals surface area contributed by atoms with E-state index in [1.165, 1.54) is 12.1 Å². The van der Waals surface area contributed by atoms with Crippen LogP contribution in [0.25, 0.3) is 11.1 Å². The molecule has 0 fully saturated rings. The third-order valence-corrected chi connectivity index (χ3v) is 3.91. The smallest absolute Gasteiger partial charge is 0.253 e. The minimum atomic E-state index is -0.459. The van der Waals surface area contributed by atoms with E-state index in [1.54, 1.807) is 31.2 Å². The van der Waals surface area contributed by atoms with Crippen molar-refractivity contribution >= 4 is 51.8 Å². The quantitative estimate of drug-likeness (QED) is 0.723. The molecule has 0 unspecified atom stereocenters. The largest absolute Gasteiger partial charge is 0.441 e. The molecule has 0 spiro atoms. The van der Waals surface area contributed by atoms with Gasteiger partial charge in [0.25, 0.3) is 5.91 Å². The Bertz CT molecular complexity index is 969. The van der Waals surface area contributed by atoms with Gasteiger partial charge in [-0.2, -0.15) is 0 Å². The molecule has 0 saturated heterocycles. The maximum absolute atomic E-state index is 12.1. The molecular weight excluding hydrogens is 365 g/mol. The summed E-state index contributed by atoms with van der Waals surface area (Å²) in [5.41, 5.74) is 2.09. The number of anilines is 1. The zero-order chi connectivity index (χ0) is 18.0. The van der Waals surface area contributed by atoms with Crippen LogP contribution in [0.3, 0.4) is 0 Å². The Morgan fingerprint density at radius 2 is 1.96 bits per heavy atom. The third kappa shape index (κ3) is 4.10. The van der Waals surface area contributed by atoms with Gasteiger partial charge in [0.1, 0.15) is 5.52 Å². The van der Waals surface area contributed by atoms with Crippen LogP contribution < -0.4 is 10.6 Å². The van der Waals surface area contributed by atoms with Crippen LogP contribution in [0, 0.1) is 6.92 Å². The van der Waals surface area contributed by atoms with Crippen LogP contribution in [0.5, 0.6) is 0 Å². The van der Waals surface area contributed by atoms with Gasteiger partial charge < -0.3 is 15.1 Å². The molecule has 1 heterocycles. The number of aryl methyl sites for hydroxylation is 1. The number of nitrogens with zero attached hydrogens (tertiary/aromatic N) is 1. The standard InChI is InChI=1S/C17H13Cl2N3O3/c1-9-21-14-7-11(3-5-15(14)25-9)22-16(23)8-20-17(24)12-4-2-10(18)6-13(12)19/h2-7H,8H2,1H3,(H,20,24)(H,22,23). The monoisotopic (exact) mass is 377 g/mol. The second-order valence-electron chi connectivity index (χ2n) is 5.27. The Kier molecular flexibility index (Phi) is 4.92. The number of hydrogen-bond acceptors (Lipinski definition) is 4. The molecule has 25 heavy (non-hydrogen) atoms. The molecule has 2 N–H and O–H groups in total. The highest BCUT2D eigenvalue weighted by Crippen LogP contribution is 2.21. The fraction of sp³-hybridized carbons (Fsp3) is 0.118. The first-order valence-electron chi connectivity index (χ1n) is 7.32. The van der Waals surface area contributed by atoms with Crippen LogP contribution in [0.15, 0.2) is 40.8 Å². The molecular formula is C17H13Cl2N3O3. The Labute approximate surface area is 153 Å². The molecule has 0 aliphatic carbocycles. The summed E-state index contributed by atoms with van der Waals surface area (Å²) in [7, 11) is 0. The van der Waals surface area contributed by atoms with Crippen LogP contribution >= 0.6 is 23.2 Å². The highest BCUT2D eigenvalue weighted by molar-refractivity contribution is 6.36. The van der Waals surface area contributed by atoms with Gasteiger partial charge in [-0.25, -0.2) is 4.98 Å². The van der Waals surface area contributed by atoms with Crippen molar-refractivity contribution in [2.75, 3.05) is 11.9 Å². The number of benzene rings is 2. The first-order valence-corrected chi connectivity index (χ1v) is 8.08. The molecule has 2 amide bonds. The van der Waals surface area contributed by atoms with Gasteiger partial charge in [0.15, 0.2) is 11.5 Å². The molecule has 8 heteroatoms. The fourth-order valence-corrected chi connectivity index (χ4v) is 2.75. The molecule has 0 bridgehead atoms. The summed E-state index contributed by atoms with van der Waals surface area (Å²) in [6.45, 7) is 1.54. The summed E-state index contributed by atoms with van der Waals surface area (Å²) in [6, 6.07) is 9.63. The van der Waals surface area contributed by atoms with Crippen molar-refractivity contribution in [1.29, 1.82) is 0 Å². The zero-order valence-electron chi connectivity index (χ0n) is 13.1. The van der Waals surface area contributed by atoms with E-state index in [9.17, 15) is 9.59 Å². The molecule has 1 aromatic heterocycles. The van der Waals surface area contributed by atoms with Crippen molar-refractivity contribution < 1.29 is 14.0 Å². The van der Waals surface area contributed by atoms with Gasteiger partial charge >= 0.3 is 0 Å². The highest BCUT2D eigenvalue weighted by Gasteiger charge is 2.12. The minimum absolute atomic E-state index is 0.201. The number of halogens is 2. The van der Waals surface area contributed by atoms with E-state index in [0.29, 0.717) is 27.7 Å². The molecule has 2 aromatic carbocycles. The number of carbonyl (C=O) groups excluding carboxylic acids is 2. The fourth-order valence-electron chi connectivity index (χ4n) is 2.25. The Balaban J connectivity index is 1.60. The molecule has 0 saturated carbocycles. The summed E-state index contributed by atoms with van der Waals surface area (Å²) in [5.74, 6) is -0.289. The van der Waals surface area contributed by atoms with Gasteiger partial charge in [0.2, 0.25) is 5.91 Å². The Hall–Kier alpha value is -2.57. The van der Waals surface area contributed by atoms with Gasteiger partial charge in [0.05, 0.1) is 17.1 Å². The van der Waals surface area contributed by atoms with E-state index in [1.807, 2.05) is 0 Å². The lowest BCUT2D eigenvalue weighted by atomic mass is 10.2. The Morgan fingerprint density at radius 1 is 1.16 bits per heavy atom. The number of aromatic nitrogens is 1.